The van der Waals surface area contributed by atoms with Gasteiger partial charge in [-0.2, -0.15) is 0 Å². The van der Waals surface area contributed by atoms with Gasteiger partial charge in [-0.15, -0.1) is 0 Å². The smallest absolute Gasteiger partial charge is 0.152 e. The number of anilines is 1. The average molecular weight is 329 g/mol. The van der Waals surface area contributed by atoms with E-state index < -0.39 is 11.6 Å². The molecular weight excluding hydrogens is 314 g/mol. The Labute approximate surface area is 119 Å². The van der Waals surface area contributed by atoms with Gasteiger partial charge in [-0.3, -0.25) is 0 Å². The first-order chi connectivity index (χ1) is 8.75. The van der Waals surface area contributed by atoms with Crippen LogP contribution in [-0.4, -0.2) is 12.0 Å². The summed E-state index contributed by atoms with van der Waals surface area (Å²) in [5.74, 6) is -1.29. The van der Waals surface area contributed by atoms with Gasteiger partial charge in [0, 0.05) is 35.3 Å². The number of aromatic nitrogens is 1. The van der Waals surface area contributed by atoms with Crippen LogP contribution >= 0.6 is 15.9 Å². The Balaban J connectivity index is 2.93. The van der Waals surface area contributed by atoms with Crippen molar-refractivity contribution in [2.75, 3.05) is 12.4 Å². The van der Waals surface area contributed by atoms with Crippen molar-refractivity contribution < 1.29 is 8.78 Å². The molecule has 0 saturated heterocycles. The quantitative estimate of drug-likeness (QED) is 0.773. The molecule has 0 amide bonds. The third-order valence-electron chi connectivity index (χ3n) is 2.97. The molecule has 0 spiro atoms. The fourth-order valence-corrected chi connectivity index (χ4v) is 2.40. The number of nitrogens with one attached hydrogen (secondary N) is 1. The van der Waals surface area contributed by atoms with Gasteiger partial charge in [0.15, 0.2) is 5.82 Å². The summed E-state index contributed by atoms with van der Waals surface area (Å²) in [6, 6.07) is 2.68. The number of halogens is 3. The summed E-state index contributed by atoms with van der Waals surface area (Å²) in [4.78, 5) is 4.34. The molecule has 2 rings (SSSR count). The molecule has 19 heavy (non-hydrogen) atoms. The molecule has 2 aromatic rings. The number of nitrogens with zero attached hydrogens (tertiary/aromatic N) is 1. The summed E-state index contributed by atoms with van der Waals surface area (Å²) in [6.07, 6.45) is 0. The summed E-state index contributed by atoms with van der Waals surface area (Å²) in [6.45, 7) is 5.99. The lowest BCUT2D eigenvalue weighted by atomic mass is 9.90. The molecule has 0 aliphatic carbocycles. The summed E-state index contributed by atoms with van der Waals surface area (Å²) in [5, 5.41) is 3.40. The van der Waals surface area contributed by atoms with Crippen molar-refractivity contribution in [2.24, 2.45) is 0 Å². The maximum Gasteiger partial charge on any atom is 0.152 e. The Bertz CT molecular complexity index is 648. The van der Waals surface area contributed by atoms with Crippen LogP contribution in [0.3, 0.4) is 0 Å². The first-order valence-electron chi connectivity index (χ1n) is 5.92. The fourth-order valence-electron chi connectivity index (χ4n) is 1.88. The molecule has 102 valence electrons. The molecule has 5 heteroatoms. The molecule has 1 N–H and O–H groups in total. The van der Waals surface area contributed by atoms with E-state index in [-0.39, 0.29) is 15.4 Å². The fraction of sp³-hybridized carbons (Fsp3) is 0.357. The van der Waals surface area contributed by atoms with Gasteiger partial charge in [0.2, 0.25) is 0 Å². The van der Waals surface area contributed by atoms with Gasteiger partial charge in [0.25, 0.3) is 0 Å². The van der Waals surface area contributed by atoms with Crippen molar-refractivity contribution in [1.82, 2.24) is 4.98 Å². The molecule has 0 fully saturated rings. The number of rotatable bonds is 1. The van der Waals surface area contributed by atoms with Crippen LogP contribution < -0.4 is 5.32 Å². The Hall–Kier alpha value is -1.23. The van der Waals surface area contributed by atoms with E-state index in [1.165, 1.54) is 0 Å². The summed E-state index contributed by atoms with van der Waals surface area (Å²) < 4.78 is 27.8. The van der Waals surface area contributed by atoms with Gasteiger partial charge in [-0.1, -0.05) is 20.8 Å². The van der Waals surface area contributed by atoms with Crippen LogP contribution in [0.1, 0.15) is 26.5 Å². The SMILES string of the molecule is CNc1cc(C(C)(C)C)nc2c(F)cc(F)c(Br)c12. The van der Waals surface area contributed by atoms with Crippen molar-refractivity contribution in [1.29, 1.82) is 0 Å². The highest BCUT2D eigenvalue weighted by Gasteiger charge is 2.21. The maximum atomic E-state index is 14.0. The van der Waals surface area contributed by atoms with E-state index in [9.17, 15) is 8.78 Å². The molecular formula is C14H15BrF2N2. The molecule has 0 saturated carbocycles. The molecule has 0 bridgehead atoms. The predicted octanol–water partition coefficient (Wildman–Crippen LogP) is 4.61. The minimum absolute atomic E-state index is 0.171. The molecule has 1 aromatic carbocycles. The highest BCUT2D eigenvalue weighted by atomic mass is 79.9. The second-order valence-electron chi connectivity index (χ2n) is 5.43. The zero-order valence-corrected chi connectivity index (χ0v) is 12.8. The van der Waals surface area contributed by atoms with Crippen molar-refractivity contribution >= 4 is 32.5 Å². The van der Waals surface area contributed by atoms with Crippen LogP contribution in [0.25, 0.3) is 10.9 Å². The monoisotopic (exact) mass is 328 g/mol. The average Bonchev–Trinajstić information content (AvgIpc) is 2.33. The van der Waals surface area contributed by atoms with Crippen molar-refractivity contribution in [3.63, 3.8) is 0 Å². The maximum absolute atomic E-state index is 14.0. The van der Waals surface area contributed by atoms with Gasteiger partial charge in [0.05, 0.1) is 4.47 Å². The number of pyridine rings is 1. The molecule has 0 aliphatic heterocycles. The van der Waals surface area contributed by atoms with E-state index in [1.54, 1.807) is 7.05 Å². The second kappa shape index (κ2) is 4.71. The first-order valence-corrected chi connectivity index (χ1v) is 6.71. The number of benzene rings is 1. The van der Waals surface area contributed by atoms with Gasteiger partial charge in [-0.05, 0) is 22.0 Å². The Kier molecular flexibility index (Phi) is 3.51. The Morgan fingerprint density at radius 1 is 1.16 bits per heavy atom. The zero-order chi connectivity index (χ0) is 14.4. The minimum atomic E-state index is -0.654. The highest BCUT2D eigenvalue weighted by molar-refractivity contribution is 9.10. The van der Waals surface area contributed by atoms with Gasteiger partial charge in [0.1, 0.15) is 11.3 Å². The number of hydrogen-bond donors (Lipinski definition) is 1. The largest absolute Gasteiger partial charge is 0.387 e. The van der Waals surface area contributed by atoms with Crippen LogP contribution in [0.15, 0.2) is 16.6 Å². The van der Waals surface area contributed by atoms with Gasteiger partial charge >= 0.3 is 0 Å². The Morgan fingerprint density at radius 3 is 2.32 bits per heavy atom. The molecule has 1 aromatic heterocycles. The lowest BCUT2D eigenvalue weighted by molar-refractivity contribution is 0.565. The van der Waals surface area contributed by atoms with E-state index in [0.717, 1.165) is 11.8 Å². The summed E-state index contributed by atoms with van der Waals surface area (Å²) in [5.41, 5.74) is 1.36. The van der Waals surface area contributed by atoms with Crippen LogP contribution in [-0.2, 0) is 5.41 Å². The summed E-state index contributed by atoms with van der Waals surface area (Å²) in [7, 11) is 1.72. The van der Waals surface area contributed by atoms with Crippen molar-refractivity contribution in [3.05, 3.63) is 33.9 Å². The molecule has 0 unspecified atom stereocenters. The number of fused-ring (bicyclic) bond motifs is 1. The normalized spacial score (nSPS) is 11.9. The van der Waals surface area contributed by atoms with E-state index in [0.29, 0.717) is 11.1 Å². The van der Waals surface area contributed by atoms with Crippen LogP contribution in [0.2, 0.25) is 0 Å². The van der Waals surface area contributed by atoms with Crippen LogP contribution in [0.5, 0.6) is 0 Å². The third kappa shape index (κ3) is 2.43. The van der Waals surface area contributed by atoms with Crippen molar-refractivity contribution in [3.8, 4) is 0 Å². The third-order valence-corrected chi connectivity index (χ3v) is 3.74. The van der Waals surface area contributed by atoms with E-state index in [4.69, 9.17) is 0 Å². The van der Waals surface area contributed by atoms with Crippen LogP contribution in [0, 0.1) is 11.6 Å². The molecule has 0 atom stereocenters. The first kappa shape index (κ1) is 14.2. The predicted molar refractivity (Wildman–Crippen MR) is 77.6 cm³/mol. The summed E-state index contributed by atoms with van der Waals surface area (Å²) >= 11 is 3.16. The standard InChI is InChI=1S/C14H15BrF2N2/c1-14(2,3)10-6-9(18-4)11-12(15)7(16)5-8(17)13(11)19-10/h5-6H,1-4H3,(H,18,19). The molecule has 0 aliphatic rings. The number of hydrogen-bond acceptors (Lipinski definition) is 2. The second-order valence-corrected chi connectivity index (χ2v) is 6.23. The van der Waals surface area contributed by atoms with E-state index in [2.05, 4.69) is 26.2 Å². The van der Waals surface area contributed by atoms with E-state index >= 15 is 0 Å². The Morgan fingerprint density at radius 2 is 1.79 bits per heavy atom. The van der Waals surface area contributed by atoms with Gasteiger partial charge in [-0.25, -0.2) is 13.8 Å². The lowest BCUT2D eigenvalue weighted by Crippen LogP contribution is -2.14. The lowest BCUT2D eigenvalue weighted by Gasteiger charge is -2.20. The van der Waals surface area contributed by atoms with Crippen molar-refractivity contribution in [2.45, 2.75) is 26.2 Å². The molecule has 1 heterocycles. The van der Waals surface area contributed by atoms with Gasteiger partial charge < -0.3 is 5.32 Å². The van der Waals surface area contributed by atoms with E-state index in [1.807, 2.05) is 26.8 Å². The topological polar surface area (TPSA) is 24.9 Å². The highest BCUT2D eigenvalue weighted by Crippen LogP contribution is 2.36. The molecule has 2 nitrogen and oxygen atoms in total. The minimum Gasteiger partial charge on any atom is -0.387 e. The van der Waals surface area contributed by atoms with Crippen LogP contribution in [0.4, 0.5) is 14.5 Å². The molecule has 0 radical (unpaired) electrons. The zero-order valence-electron chi connectivity index (χ0n) is 11.2.